The molecule has 0 saturated carbocycles. The predicted octanol–water partition coefficient (Wildman–Crippen LogP) is 3.68. The first-order valence-corrected chi connectivity index (χ1v) is 4.25. The fourth-order valence-corrected chi connectivity index (χ4v) is 1.15. The molecule has 0 unspecified atom stereocenters. The van der Waals surface area contributed by atoms with E-state index in [1.54, 1.807) is 6.07 Å². The Labute approximate surface area is 89.2 Å². The Bertz CT molecular complexity index is 380. The first-order valence-electron chi connectivity index (χ1n) is 3.46. The largest absolute Gasteiger partial charge is 0.431 e. The first-order chi connectivity index (χ1) is 6.65. The van der Waals surface area contributed by atoms with Crippen molar-refractivity contribution in [3.05, 3.63) is 23.2 Å². The summed E-state index contributed by atoms with van der Waals surface area (Å²) < 4.78 is 28.1. The summed E-state index contributed by atoms with van der Waals surface area (Å²) >= 11 is 9.98. The number of thiocarbonyl (C=S) groups is 1. The zero-order valence-corrected chi connectivity index (χ0v) is 8.28. The van der Waals surface area contributed by atoms with Crippen molar-refractivity contribution in [1.29, 1.82) is 0 Å². The quantitative estimate of drug-likeness (QED) is 0.589. The second kappa shape index (κ2) is 5.00. The number of nitrogens with zero attached hydrogens (tertiary/aromatic N) is 1. The van der Waals surface area contributed by atoms with Gasteiger partial charge in [-0.05, 0) is 24.4 Å². The van der Waals surface area contributed by atoms with Gasteiger partial charge in [0.2, 0.25) is 0 Å². The van der Waals surface area contributed by atoms with Gasteiger partial charge in [0.15, 0.2) is 5.75 Å². The molecule has 0 heterocycles. The van der Waals surface area contributed by atoms with Gasteiger partial charge in [0.05, 0.1) is 10.2 Å². The standard InChI is InChI=1S/C8H4ClF2NOS/c9-5-2-1-3-6(12-4-14)7(5)13-8(10)11/h1-3,8H. The van der Waals surface area contributed by atoms with Gasteiger partial charge in [-0.3, -0.25) is 0 Å². The Hall–Kier alpha value is -1.03. The van der Waals surface area contributed by atoms with Gasteiger partial charge in [-0.1, -0.05) is 17.7 Å². The Balaban J connectivity index is 3.14. The summed E-state index contributed by atoms with van der Waals surface area (Å²) in [5, 5.41) is 2.10. The van der Waals surface area contributed by atoms with Crippen molar-refractivity contribution in [3.63, 3.8) is 0 Å². The van der Waals surface area contributed by atoms with E-state index < -0.39 is 6.61 Å². The van der Waals surface area contributed by atoms with Crippen LogP contribution in [-0.4, -0.2) is 11.8 Å². The van der Waals surface area contributed by atoms with Gasteiger partial charge in [-0.15, -0.1) is 0 Å². The van der Waals surface area contributed by atoms with E-state index in [9.17, 15) is 8.78 Å². The zero-order chi connectivity index (χ0) is 10.6. The Morgan fingerprint density at radius 1 is 1.50 bits per heavy atom. The molecule has 2 nitrogen and oxygen atoms in total. The first kappa shape index (κ1) is 11.0. The third kappa shape index (κ3) is 2.73. The van der Waals surface area contributed by atoms with Crippen LogP contribution in [0, 0.1) is 0 Å². The normalized spacial score (nSPS) is 9.71. The van der Waals surface area contributed by atoms with Gasteiger partial charge in [0.25, 0.3) is 0 Å². The van der Waals surface area contributed by atoms with Crippen molar-refractivity contribution in [1.82, 2.24) is 0 Å². The third-order valence-corrected chi connectivity index (χ3v) is 1.71. The van der Waals surface area contributed by atoms with Crippen molar-refractivity contribution < 1.29 is 13.5 Å². The maximum Gasteiger partial charge on any atom is 0.387 e. The third-order valence-electron chi connectivity index (χ3n) is 1.32. The fraction of sp³-hybridized carbons (Fsp3) is 0.125. The number of para-hydroxylation sites is 1. The van der Waals surface area contributed by atoms with Crippen molar-refractivity contribution in [2.75, 3.05) is 0 Å². The summed E-state index contributed by atoms with van der Waals surface area (Å²) in [5.74, 6) is -0.193. The molecule has 0 aliphatic heterocycles. The van der Waals surface area contributed by atoms with Gasteiger partial charge in [-0.25, -0.2) is 0 Å². The molecule has 0 fully saturated rings. The summed E-state index contributed by atoms with van der Waals surface area (Å²) in [6.45, 7) is -2.95. The fourth-order valence-electron chi connectivity index (χ4n) is 0.840. The Morgan fingerprint density at radius 2 is 2.21 bits per heavy atom. The van der Waals surface area contributed by atoms with Crippen LogP contribution in [0.15, 0.2) is 23.2 Å². The molecule has 0 aromatic heterocycles. The second-order valence-electron chi connectivity index (χ2n) is 2.17. The van der Waals surface area contributed by atoms with E-state index in [-0.39, 0.29) is 16.5 Å². The molecule has 0 bridgehead atoms. The van der Waals surface area contributed by atoms with Crippen LogP contribution < -0.4 is 4.74 Å². The molecule has 1 aromatic rings. The molecule has 14 heavy (non-hydrogen) atoms. The van der Waals surface area contributed by atoms with Crippen LogP contribution in [0.5, 0.6) is 5.75 Å². The van der Waals surface area contributed by atoms with E-state index in [0.29, 0.717) is 0 Å². The topological polar surface area (TPSA) is 21.6 Å². The van der Waals surface area contributed by atoms with Gasteiger partial charge in [-0.2, -0.15) is 13.8 Å². The summed E-state index contributed by atoms with van der Waals surface area (Å²) in [6, 6.07) is 4.41. The maximum absolute atomic E-state index is 12.0. The molecular weight excluding hydrogens is 232 g/mol. The van der Waals surface area contributed by atoms with Crippen LogP contribution in [0.1, 0.15) is 0 Å². The van der Waals surface area contributed by atoms with Crippen molar-refractivity contribution in [2.45, 2.75) is 6.61 Å². The number of hydrogen-bond acceptors (Lipinski definition) is 3. The SMILES string of the molecule is FC(F)Oc1c(Cl)cccc1N=C=S. The van der Waals surface area contributed by atoms with Crippen LogP contribution in [0.4, 0.5) is 14.5 Å². The number of aliphatic imine (C=N–C) groups is 1. The maximum atomic E-state index is 12.0. The van der Waals surface area contributed by atoms with Crippen molar-refractivity contribution in [3.8, 4) is 5.75 Å². The summed E-state index contributed by atoms with van der Waals surface area (Å²) in [4.78, 5) is 3.54. The number of ether oxygens (including phenoxy) is 1. The highest BCUT2D eigenvalue weighted by atomic mass is 35.5. The van der Waals surface area contributed by atoms with Gasteiger partial charge in [0.1, 0.15) is 5.69 Å². The molecule has 0 atom stereocenters. The minimum absolute atomic E-state index is 0.0526. The number of rotatable bonds is 3. The highest BCUT2D eigenvalue weighted by Gasteiger charge is 2.12. The van der Waals surface area contributed by atoms with Crippen LogP contribution >= 0.6 is 23.8 Å². The van der Waals surface area contributed by atoms with E-state index in [2.05, 4.69) is 21.9 Å². The zero-order valence-electron chi connectivity index (χ0n) is 6.71. The Morgan fingerprint density at radius 3 is 2.79 bits per heavy atom. The molecule has 0 aliphatic carbocycles. The van der Waals surface area contributed by atoms with Crippen LogP contribution in [0.25, 0.3) is 0 Å². The molecule has 0 spiro atoms. The molecule has 0 N–H and O–H groups in total. The average molecular weight is 236 g/mol. The lowest BCUT2D eigenvalue weighted by Crippen LogP contribution is -2.02. The minimum Gasteiger partial charge on any atom is -0.431 e. The summed E-state index contributed by atoms with van der Waals surface area (Å²) in [5.41, 5.74) is 0.132. The molecular formula is C8H4ClF2NOS. The average Bonchev–Trinajstić information content (AvgIpc) is 2.11. The van der Waals surface area contributed by atoms with E-state index in [1.807, 2.05) is 5.16 Å². The monoisotopic (exact) mass is 235 g/mol. The molecule has 0 saturated heterocycles. The van der Waals surface area contributed by atoms with Gasteiger partial charge < -0.3 is 4.74 Å². The molecule has 0 aliphatic rings. The number of alkyl halides is 2. The minimum atomic E-state index is -2.95. The number of hydrogen-bond donors (Lipinski definition) is 0. The molecule has 74 valence electrons. The van der Waals surface area contributed by atoms with Crippen molar-refractivity contribution >= 4 is 34.7 Å². The highest BCUT2D eigenvalue weighted by Crippen LogP contribution is 2.35. The second-order valence-corrected chi connectivity index (χ2v) is 2.76. The van der Waals surface area contributed by atoms with E-state index in [0.717, 1.165) is 0 Å². The summed E-state index contributed by atoms with van der Waals surface area (Å²) in [6.07, 6.45) is 0. The van der Waals surface area contributed by atoms with E-state index in [1.165, 1.54) is 12.1 Å². The Kier molecular flexibility index (Phi) is 3.95. The van der Waals surface area contributed by atoms with Gasteiger partial charge >= 0.3 is 6.61 Å². The van der Waals surface area contributed by atoms with Crippen LogP contribution in [0.3, 0.4) is 0 Å². The molecule has 0 radical (unpaired) electrons. The lowest BCUT2D eigenvalue weighted by Gasteiger charge is -2.07. The van der Waals surface area contributed by atoms with Gasteiger partial charge in [0, 0.05) is 0 Å². The number of benzene rings is 1. The summed E-state index contributed by atoms with van der Waals surface area (Å²) in [7, 11) is 0. The molecule has 6 heteroatoms. The van der Waals surface area contributed by atoms with E-state index in [4.69, 9.17) is 11.6 Å². The highest BCUT2D eigenvalue weighted by molar-refractivity contribution is 7.78. The van der Waals surface area contributed by atoms with Crippen LogP contribution in [0.2, 0.25) is 5.02 Å². The molecule has 0 amide bonds. The molecule has 1 rings (SSSR count). The molecule has 1 aromatic carbocycles. The lowest BCUT2D eigenvalue weighted by molar-refractivity contribution is -0.0493. The predicted molar refractivity (Wildman–Crippen MR) is 52.8 cm³/mol. The number of halogens is 3. The lowest BCUT2D eigenvalue weighted by atomic mass is 10.3. The van der Waals surface area contributed by atoms with Crippen molar-refractivity contribution in [2.24, 2.45) is 4.99 Å². The van der Waals surface area contributed by atoms with E-state index >= 15 is 0 Å². The smallest absolute Gasteiger partial charge is 0.387 e. The van der Waals surface area contributed by atoms with Crippen LogP contribution in [-0.2, 0) is 0 Å². The number of isothiocyanates is 1.